The zero-order valence-electron chi connectivity index (χ0n) is 13.8. The van der Waals surface area contributed by atoms with E-state index in [1.807, 2.05) is 41.3 Å². The van der Waals surface area contributed by atoms with Gasteiger partial charge in [-0.15, -0.1) is 11.8 Å². The summed E-state index contributed by atoms with van der Waals surface area (Å²) in [5.41, 5.74) is 3.93. The Morgan fingerprint density at radius 2 is 2.00 bits per heavy atom. The molecule has 0 aromatic heterocycles. The Kier molecular flexibility index (Phi) is 4.90. The lowest BCUT2D eigenvalue weighted by Gasteiger charge is -2.25. The Balaban J connectivity index is 1.91. The third-order valence-electron chi connectivity index (χ3n) is 3.98. The van der Waals surface area contributed by atoms with Crippen LogP contribution in [0, 0.1) is 0 Å². The first-order valence-electron chi connectivity index (χ1n) is 7.98. The van der Waals surface area contributed by atoms with Gasteiger partial charge in [0.15, 0.2) is 0 Å². The zero-order chi connectivity index (χ0) is 17.1. The molecule has 24 heavy (non-hydrogen) atoms. The van der Waals surface area contributed by atoms with Crippen LogP contribution in [0.5, 0.6) is 0 Å². The molecule has 1 aliphatic heterocycles. The van der Waals surface area contributed by atoms with Gasteiger partial charge >= 0.3 is 0 Å². The summed E-state index contributed by atoms with van der Waals surface area (Å²) in [5, 5.41) is 2.73. The largest absolute Gasteiger partial charge is 0.326 e. The fraction of sp³-hybridized carbons (Fsp3) is 0.263. The molecule has 2 amide bonds. The summed E-state index contributed by atoms with van der Waals surface area (Å²) < 4.78 is 0. The van der Waals surface area contributed by atoms with E-state index in [-0.39, 0.29) is 17.2 Å². The first-order chi connectivity index (χ1) is 11.6. The van der Waals surface area contributed by atoms with E-state index in [0.29, 0.717) is 5.75 Å². The molecule has 2 aromatic carbocycles. The maximum Gasteiger partial charge on any atom is 0.238 e. The molecule has 1 saturated heterocycles. The number of nitrogens with zero attached hydrogens (tertiary/aromatic N) is 1. The zero-order valence-corrected chi connectivity index (χ0v) is 14.6. The minimum absolute atomic E-state index is 0.0707. The minimum Gasteiger partial charge on any atom is -0.326 e. The van der Waals surface area contributed by atoms with Crippen LogP contribution in [0.4, 0.5) is 11.4 Å². The van der Waals surface area contributed by atoms with E-state index in [9.17, 15) is 9.59 Å². The van der Waals surface area contributed by atoms with Crippen molar-refractivity contribution in [3.05, 3.63) is 59.7 Å². The maximum atomic E-state index is 12.4. The highest BCUT2D eigenvalue weighted by Gasteiger charge is 2.34. The molecule has 1 unspecified atom stereocenters. The van der Waals surface area contributed by atoms with E-state index >= 15 is 0 Å². The van der Waals surface area contributed by atoms with E-state index in [1.54, 1.807) is 11.8 Å². The van der Waals surface area contributed by atoms with Crippen molar-refractivity contribution in [1.82, 2.24) is 0 Å². The topological polar surface area (TPSA) is 49.4 Å². The quantitative estimate of drug-likeness (QED) is 0.916. The predicted octanol–water partition coefficient (Wildman–Crippen LogP) is 3.99. The number of benzene rings is 2. The number of hydrogen-bond donors (Lipinski definition) is 1. The van der Waals surface area contributed by atoms with Crippen LogP contribution in [-0.2, 0) is 16.0 Å². The van der Waals surface area contributed by atoms with Gasteiger partial charge in [0.2, 0.25) is 11.8 Å². The summed E-state index contributed by atoms with van der Waals surface area (Å²) in [7, 11) is 0. The van der Waals surface area contributed by atoms with Gasteiger partial charge in [0.1, 0.15) is 5.37 Å². The van der Waals surface area contributed by atoms with E-state index < -0.39 is 0 Å². The molecule has 5 heteroatoms. The summed E-state index contributed by atoms with van der Waals surface area (Å²) in [6.45, 7) is 3.60. The van der Waals surface area contributed by atoms with Crippen LogP contribution in [0.15, 0.2) is 48.5 Å². The third kappa shape index (κ3) is 3.46. The lowest BCUT2D eigenvalue weighted by atomic mass is 10.1. The molecule has 0 radical (unpaired) electrons. The van der Waals surface area contributed by atoms with Gasteiger partial charge in [0.05, 0.1) is 5.75 Å². The molecule has 0 bridgehead atoms. The molecule has 4 nitrogen and oxygen atoms in total. The molecule has 0 aliphatic carbocycles. The average Bonchev–Trinajstić information content (AvgIpc) is 2.96. The van der Waals surface area contributed by atoms with Gasteiger partial charge < -0.3 is 5.32 Å². The fourth-order valence-corrected chi connectivity index (χ4v) is 3.98. The van der Waals surface area contributed by atoms with Crippen molar-refractivity contribution in [2.24, 2.45) is 0 Å². The van der Waals surface area contributed by atoms with Crippen LogP contribution >= 0.6 is 11.8 Å². The summed E-state index contributed by atoms with van der Waals surface area (Å²) in [4.78, 5) is 25.5. The highest BCUT2D eigenvalue weighted by atomic mass is 32.2. The average molecular weight is 340 g/mol. The van der Waals surface area contributed by atoms with Crippen LogP contribution < -0.4 is 10.2 Å². The lowest BCUT2D eigenvalue weighted by molar-refractivity contribution is -0.116. The molecular weight excluding hydrogens is 320 g/mol. The number of carbonyl (C=O) groups excluding carboxylic acids is 2. The number of anilines is 2. The Morgan fingerprint density at radius 3 is 2.67 bits per heavy atom. The Bertz CT molecular complexity index is 758. The van der Waals surface area contributed by atoms with Gasteiger partial charge in [-0.2, -0.15) is 0 Å². The summed E-state index contributed by atoms with van der Waals surface area (Å²) in [6, 6.07) is 15.8. The number of thioether (sulfide) groups is 1. The van der Waals surface area contributed by atoms with Crippen molar-refractivity contribution in [3.8, 4) is 0 Å². The molecule has 0 saturated carbocycles. The van der Waals surface area contributed by atoms with E-state index in [0.717, 1.165) is 23.4 Å². The first-order valence-corrected chi connectivity index (χ1v) is 9.03. The third-order valence-corrected chi connectivity index (χ3v) is 5.20. The van der Waals surface area contributed by atoms with Gasteiger partial charge in [-0.3, -0.25) is 14.5 Å². The van der Waals surface area contributed by atoms with Gasteiger partial charge in [0, 0.05) is 18.3 Å². The standard InChI is InChI=1S/C19H20N2O2S/c1-3-14-7-9-17(10-8-14)21-18(23)12-24-19(21)15-5-4-6-16(11-15)20-13(2)22/h4-11,19H,3,12H2,1-2H3,(H,20,22). The number of amides is 2. The van der Waals surface area contributed by atoms with Crippen LogP contribution in [-0.4, -0.2) is 17.6 Å². The number of carbonyl (C=O) groups is 2. The molecule has 1 heterocycles. The molecule has 1 aliphatic rings. The Morgan fingerprint density at radius 1 is 1.25 bits per heavy atom. The lowest BCUT2D eigenvalue weighted by Crippen LogP contribution is -2.27. The van der Waals surface area contributed by atoms with Crippen LogP contribution in [0.2, 0.25) is 0 Å². The number of rotatable bonds is 4. The Hall–Kier alpha value is -2.27. The van der Waals surface area contributed by atoms with Crippen LogP contribution in [0.3, 0.4) is 0 Å². The van der Waals surface area contributed by atoms with Crippen molar-refractivity contribution in [1.29, 1.82) is 0 Å². The second-order valence-electron chi connectivity index (χ2n) is 5.75. The second kappa shape index (κ2) is 7.09. The van der Waals surface area contributed by atoms with Gasteiger partial charge in [-0.05, 0) is 41.8 Å². The van der Waals surface area contributed by atoms with Crippen LogP contribution in [0.1, 0.15) is 30.3 Å². The monoisotopic (exact) mass is 340 g/mol. The van der Waals surface area contributed by atoms with E-state index in [1.165, 1.54) is 12.5 Å². The summed E-state index contributed by atoms with van der Waals surface area (Å²) in [5.74, 6) is 0.471. The Labute approximate surface area is 146 Å². The fourth-order valence-electron chi connectivity index (χ4n) is 2.82. The number of aryl methyl sites for hydroxylation is 1. The van der Waals surface area contributed by atoms with Gasteiger partial charge in [0.25, 0.3) is 0 Å². The molecule has 2 aromatic rings. The molecule has 3 rings (SSSR count). The predicted molar refractivity (Wildman–Crippen MR) is 99.3 cm³/mol. The normalized spacial score (nSPS) is 17.2. The smallest absolute Gasteiger partial charge is 0.238 e. The van der Waals surface area contributed by atoms with Crippen molar-refractivity contribution in [2.45, 2.75) is 25.6 Å². The summed E-state index contributed by atoms with van der Waals surface area (Å²) >= 11 is 1.61. The van der Waals surface area contributed by atoms with Gasteiger partial charge in [-0.1, -0.05) is 31.2 Å². The van der Waals surface area contributed by atoms with Crippen molar-refractivity contribution < 1.29 is 9.59 Å². The number of nitrogens with one attached hydrogen (secondary N) is 1. The SMILES string of the molecule is CCc1ccc(N2C(=O)CSC2c2cccc(NC(C)=O)c2)cc1. The second-order valence-corrected chi connectivity index (χ2v) is 6.82. The first kappa shape index (κ1) is 16.6. The maximum absolute atomic E-state index is 12.4. The van der Waals surface area contributed by atoms with Crippen molar-refractivity contribution in [3.63, 3.8) is 0 Å². The highest BCUT2D eigenvalue weighted by molar-refractivity contribution is 8.00. The molecule has 1 atom stereocenters. The number of hydrogen-bond acceptors (Lipinski definition) is 3. The van der Waals surface area contributed by atoms with E-state index in [2.05, 4.69) is 24.4 Å². The molecule has 124 valence electrons. The van der Waals surface area contributed by atoms with Gasteiger partial charge in [-0.25, -0.2) is 0 Å². The van der Waals surface area contributed by atoms with Crippen LogP contribution in [0.25, 0.3) is 0 Å². The molecule has 1 N–H and O–H groups in total. The minimum atomic E-state index is -0.102. The molecule has 1 fully saturated rings. The molecule has 0 spiro atoms. The van der Waals surface area contributed by atoms with Crippen molar-refractivity contribution >= 4 is 35.0 Å². The van der Waals surface area contributed by atoms with Crippen molar-refractivity contribution in [2.75, 3.05) is 16.0 Å². The van der Waals surface area contributed by atoms with E-state index in [4.69, 9.17) is 0 Å². The highest BCUT2D eigenvalue weighted by Crippen LogP contribution is 2.42. The summed E-state index contributed by atoms with van der Waals surface area (Å²) in [6.07, 6.45) is 0.977. The molecular formula is C19H20N2O2S.